The van der Waals surface area contributed by atoms with Gasteiger partial charge in [0.25, 0.3) is 5.91 Å². The van der Waals surface area contributed by atoms with E-state index in [2.05, 4.69) is 43.1 Å². The summed E-state index contributed by atoms with van der Waals surface area (Å²) in [5, 5.41) is 7.42. The largest absolute Gasteiger partial charge is 0.350 e. The van der Waals surface area contributed by atoms with Crippen molar-refractivity contribution in [3.05, 3.63) is 103 Å². The lowest BCUT2D eigenvalue weighted by atomic mass is 10.1. The molecule has 0 unspecified atom stereocenters. The van der Waals surface area contributed by atoms with Crippen LogP contribution in [0.15, 0.2) is 91.8 Å². The van der Waals surface area contributed by atoms with Crippen LogP contribution in [0.5, 0.6) is 0 Å². The van der Waals surface area contributed by atoms with E-state index in [1.54, 1.807) is 41.7 Å². The molecule has 0 fully saturated rings. The number of nitrogens with one attached hydrogen (secondary N) is 1. The molecular formula is C24H20N6O. The Bertz CT molecular complexity index is 1320. The molecule has 7 nitrogen and oxygen atoms in total. The van der Waals surface area contributed by atoms with Gasteiger partial charge in [-0.2, -0.15) is 5.10 Å². The molecule has 31 heavy (non-hydrogen) atoms. The number of hydrogen-bond donors (Lipinski definition) is 1. The van der Waals surface area contributed by atoms with Gasteiger partial charge in [0.15, 0.2) is 5.69 Å². The van der Waals surface area contributed by atoms with Crippen LogP contribution in [0, 0.1) is 0 Å². The van der Waals surface area contributed by atoms with E-state index in [1.807, 2.05) is 36.4 Å². The zero-order chi connectivity index (χ0) is 21.0. The molecule has 1 amide bonds. The second kappa shape index (κ2) is 8.23. The SMILES string of the molecule is O=C(NCCc1ccncc1)c1ccn(-c2ccc3ccc(-c4ccncc4)cn23)n1. The van der Waals surface area contributed by atoms with Gasteiger partial charge in [-0.15, -0.1) is 0 Å². The number of fused-ring (bicyclic) bond motifs is 1. The normalized spacial score (nSPS) is 11.0. The third-order valence-corrected chi connectivity index (χ3v) is 5.15. The van der Waals surface area contributed by atoms with Gasteiger partial charge < -0.3 is 9.72 Å². The second-order valence-corrected chi connectivity index (χ2v) is 7.15. The van der Waals surface area contributed by atoms with Crippen LogP contribution in [0.4, 0.5) is 0 Å². The van der Waals surface area contributed by atoms with Crippen LogP contribution < -0.4 is 5.32 Å². The molecule has 5 aromatic heterocycles. The lowest BCUT2D eigenvalue weighted by Gasteiger charge is -2.07. The summed E-state index contributed by atoms with van der Waals surface area (Å²) in [7, 11) is 0. The van der Waals surface area contributed by atoms with E-state index in [1.165, 1.54) is 0 Å². The quantitative estimate of drug-likeness (QED) is 0.466. The van der Waals surface area contributed by atoms with E-state index in [0.29, 0.717) is 12.2 Å². The molecule has 0 spiro atoms. The van der Waals surface area contributed by atoms with E-state index in [-0.39, 0.29) is 5.91 Å². The first-order valence-corrected chi connectivity index (χ1v) is 10.0. The van der Waals surface area contributed by atoms with Gasteiger partial charge in [0.1, 0.15) is 5.82 Å². The molecule has 0 saturated carbocycles. The van der Waals surface area contributed by atoms with Crippen LogP contribution in [-0.4, -0.2) is 36.6 Å². The highest BCUT2D eigenvalue weighted by atomic mass is 16.1. The molecule has 5 heterocycles. The third-order valence-electron chi connectivity index (χ3n) is 5.15. The van der Waals surface area contributed by atoms with Gasteiger partial charge in [0, 0.05) is 49.2 Å². The summed E-state index contributed by atoms with van der Waals surface area (Å²) in [5.41, 5.74) is 4.73. The van der Waals surface area contributed by atoms with Gasteiger partial charge in [-0.3, -0.25) is 14.8 Å². The number of carbonyl (C=O) groups excluding carboxylic acids is 1. The first-order valence-electron chi connectivity index (χ1n) is 10.0. The molecule has 0 aromatic carbocycles. The highest BCUT2D eigenvalue weighted by molar-refractivity contribution is 5.92. The maximum atomic E-state index is 12.5. The van der Waals surface area contributed by atoms with Crippen LogP contribution >= 0.6 is 0 Å². The fourth-order valence-corrected chi connectivity index (χ4v) is 3.52. The van der Waals surface area contributed by atoms with E-state index in [0.717, 1.165) is 34.4 Å². The Morgan fingerprint density at radius 1 is 0.839 bits per heavy atom. The average molecular weight is 408 g/mol. The maximum absolute atomic E-state index is 12.5. The number of pyridine rings is 3. The van der Waals surface area contributed by atoms with E-state index in [9.17, 15) is 4.79 Å². The first-order chi connectivity index (χ1) is 15.3. The predicted molar refractivity (Wildman–Crippen MR) is 118 cm³/mol. The van der Waals surface area contributed by atoms with Crippen molar-refractivity contribution in [3.63, 3.8) is 0 Å². The molecule has 5 aromatic rings. The Morgan fingerprint density at radius 3 is 2.39 bits per heavy atom. The standard InChI is InChI=1S/C24H20N6O/c31-24(27-15-7-18-5-11-25-12-6-18)22-10-16-30(28-22)23-4-3-21-2-1-20(17-29(21)23)19-8-13-26-14-9-19/h1-6,8-14,16-17H,7,15H2,(H,27,31). The Hall–Kier alpha value is -4.26. The highest BCUT2D eigenvalue weighted by Crippen LogP contribution is 2.22. The molecule has 7 heteroatoms. The average Bonchev–Trinajstić information content (AvgIpc) is 3.47. The van der Waals surface area contributed by atoms with Crippen molar-refractivity contribution in [3.8, 4) is 16.9 Å². The Kier molecular flexibility index (Phi) is 4.98. The summed E-state index contributed by atoms with van der Waals surface area (Å²) in [6.45, 7) is 0.541. The minimum Gasteiger partial charge on any atom is -0.350 e. The number of hydrogen-bond acceptors (Lipinski definition) is 4. The van der Waals surface area contributed by atoms with Crippen LogP contribution in [0.3, 0.4) is 0 Å². The van der Waals surface area contributed by atoms with Gasteiger partial charge in [-0.25, -0.2) is 4.68 Å². The minimum absolute atomic E-state index is 0.189. The molecule has 0 bridgehead atoms. The van der Waals surface area contributed by atoms with Crippen LogP contribution in [-0.2, 0) is 6.42 Å². The summed E-state index contributed by atoms with van der Waals surface area (Å²) >= 11 is 0. The molecular weight excluding hydrogens is 388 g/mol. The molecule has 1 N–H and O–H groups in total. The number of amides is 1. The molecule has 152 valence electrons. The van der Waals surface area contributed by atoms with Gasteiger partial charge in [-0.05, 0) is 71.6 Å². The first kappa shape index (κ1) is 18.7. The number of aromatic nitrogens is 5. The van der Waals surface area contributed by atoms with Crippen molar-refractivity contribution in [1.29, 1.82) is 0 Å². The monoisotopic (exact) mass is 408 g/mol. The van der Waals surface area contributed by atoms with Crippen molar-refractivity contribution in [2.24, 2.45) is 0 Å². The Morgan fingerprint density at radius 2 is 1.58 bits per heavy atom. The number of carbonyl (C=O) groups is 1. The van der Waals surface area contributed by atoms with Crippen molar-refractivity contribution < 1.29 is 4.79 Å². The third kappa shape index (κ3) is 3.93. The number of rotatable bonds is 6. The fraction of sp³-hybridized carbons (Fsp3) is 0.0833. The lowest BCUT2D eigenvalue weighted by Crippen LogP contribution is -2.26. The summed E-state index contributed by atoms with van der Waals surface area (Å²) < 4.78 is 3.79. The van der Waals surface area contributed by atoms with E-state index >= 15 is 0 Å². The zero-order valence-corrected chi connectivity index (χ0v) is 16.7. The molecule has 0 aliphatic heterocycles. The van der Waals surface area contributed by atoms with Crippen molar-refractivity contribution >= 4 is 11.4 Å². The van der Waals surface area contributed by atoms with E-state index < -0.39 is 0 Å². The van der Waals surface area contributed by atoms with Gasteiger partial charge in [0.05, 0.1) is 0 Å². The summed E-state index contributed by atoms with van der Waals surface area (Å²) in [6.07, 6.45) is 11.7. The van der Waals surface area contributed by atoms with Crippen LogP contribution in [0.2, 0.25) is 0 Å². The summed E-state index contributed by atoms with van der Waals surface area (Å²) in [5.74, 6) is 0.674. The molecule has 5 rings (SSSR count). The topological polar surface area (TPSA) is 77.1 Å². The smallest absolute Gasteiger partial charge is 0.271 e. The molecule has 0 radical (unpaired) electrons. The summed E-state index contributed by atoms with van der Waals surface area (Å²) in [4.78, 5) is 20.6. The van der Waals surface area contributed by atoms with Gasteiger partial charge in [0.2, 0.25) is 0 Å². The maximum Gasteiger partial charge on any atom is 0.271 e. The fourth-order valence-electron chi connectivity index (χ4n) is 3.52. The second-order valence-electron chi connectivity index (χ2n) is 7.15. The van der Waals surface area contributed by atoms with Gasteiger partial charge in [-0.1, -0.05) is 6.07 Å². The zero-order valence-electron chi connectivity index (χ0n) is 16.7. The van der Waals surface area contributed by atoms with Crippen LogP contribution in [0.1, 0.15) is 16.1 Å². The van der Waals surface area contributed by atoms with Gasteiger partial charge >= 0.3 is 0 Å². The van der Waals surface area contributed by atoms with Crippen molar-refractivity contribution in [1.82, 2.24) is 29.5 Å². The molecule has 0 aliphatic rings. The van der Waals surface area contributed by atoms with Crippen LogP contribution in [0.25, 0.3) is 22.5 Å². The predicted octanol–water partition coefficient (Wildman–Crippen LogP) is 3.55. The Labute approximate surface area is 179 Å². The molecule has 0 saturated heterocycles. The molecule has 0 atom stereocenters. The minimum atomic E-state index is -0.189. The lowest BCUT2D eigenvalue weighted by molar-refractivity contribution is 0.0948. The number of nitrogens with zero attached hydrogens (tertiary/aromatic N) is 5. The van der Waals surface area contributed by atoms with Crippen molar-refractivity contribution in [2.45, 2.75) is 6.42 Å². The highest BCUT2D eigenvalue weighted by Gasteiger charge is 2.12. The Balaban J connectivity index is 1.35. The molecule has 0 aliphatic carbocycles. The summed E-state index contributed by atoms with van der Waals surface area (Å²) in [6, 6.07) is 17.7. The van der Waals surface area contributed by atoms with Crippen molar-refractivity contribution in [2.75, 3.05) is 6.54 Å². The van der Waals surface area contributed by atoms with E-state index in [4.69, 9.17) is 0 Å².